The van der Waals surface area contributed by atoms with Crippen molar-refractivity contribution in [3.63, 3.8) is 0 Å². The molecule has 2 heterocycles. The summed E-state index contributed by atoms with van der Waals surface area (Å²) in [5.74, 6) is -0.934. The number of nitrogens with one attached hydrogen (secondary N) is 3. The lowest BCUT2D eigenvalue weighted by Gasteiger charge is -2.35. The highest BCUT2D eigenvalue weighted by molar-refractivity contribution is 7.91. The van der Waals surface area contributed by atoms with Crippen LogP contribution in [-0.2, 0) is 24.4 Å². The molecule has 3 N–H and O–H groups in total. The summed E-state index contributed by atoms with van der Waals surface area (Å²) >= 11 is 0. The van der Waals surface area contributed by atoms with Gasteiger partial charge in [0.1, 0.15) is 29.2 Å². The zero-order chi connectivity index (χ0) is 36.0. The van der Waals surface area contributed by atoms with Crippen LogP contribution in [0, 0.1) is 11.3 Å². The van der Waals surface area contributed by atoms with E-state index < -0.39 is 62.1 Å². The van der Waals surface area contributed by atoms with Crippen LogP contribution < -0.4 is 24.8 Å². The lowest BCUT2D eigenvalue weighted by Crippen LogP contribution is -2.59. The maximum Gasteiger partial charge on any atom is 0.259 e. The van der Waals surface area contributed by atoms with Gasteiger partial charge >= 0.3 is 0 Å². The van der Waals surface area contributed by atoms with Crippen molar-refractivity contribution >= 4 is 38.6 Å². The standard InChI is InChI=1S/C37H45N5O7S/c1-7-23-20-37(23,35(45)41-50(46,47)26-14-15-26)40-33(43)30-18-25(21-42(30)34(44)32(38-5)36(2,3)4)49-31-19-28(22-11-9-8-10-12-22)39-29-17-24(48-6)13-16-27(29)31/h7-13,16-17,19,23,25-26,30,32,38H,1,14-15,18,20-21H2,2-6H3,(H,40,43)(H,41,45)/t23-,25-,30+,32?,37-/m1/s1. The van der Waals surface area contributed by atoms with Crippen molar-refractivity contribution in [2.45, 2.75) is 75.4 Å². The molecule has 5 atom stereocenters. The molecule has 13 heteroatoms. The van der Waals surface area contributed by atoms with Crippen LogP contribution in [0.1, 0.15) is 46.5 Å². The second-order valence-corrected chi connectivity index (χ2v) is 16.5. The van der Waals surface area contributed by atoms with E-state index in [0.717, 1.165) is 10.9 Å². The molecule has 1 aliphatic heterocycles. The van der Waals surface area contributed by atoms with E-state index in [-0.39, 0.29) is 25.3 Å². The summed E-state index contributed by atoms with van der Waals surface area (Å²) in [5.41, 5.74) is 0.258. The monoisotopic (exact) mass is 703 g/mol. The smallest absolute Gasteiger partial charge is 0.259 e. The molecule has 1 unspecified atom stereocenters. The molecule has 2 aromatic carbocycles. The van der Waals surface area contributed by atoms with E-state index in [9.17, 15) is 22.8 Å². The second-order valence-electron chi connectivity index (χ2n) is 14.5. The zero-order valence-electron chi connectivity index (χ0n) is 29.1. The summed E-state index contributed by atoms with van der Waals surface area (Å²) < 4.78 is 39.6. The van der Waals surface area contributed by atoms with Gasteiger partial charge in [0.2, 0.25) is 21.8 Å². The van der Waals surface area contributed by atoms with Gasteiger partial charge in [-0.1, -0.05) is 57.2 Å². The molecule has 3 aromatic rings. The third-order valence-corrected chi connectivity index (χ3v) is 11.7. The van der Waals surface area contributed by atoms with Gasteiger partial charge in [0, 0.05) is 35.4 Å². The average molecular weight is 704 g/mol. The summed E-state index contributed by atoms with van der Waals surface area (Å²) in [4.78, 5) is 48.2. The first kappa shape index (κ1) is 35.3. The number of amides is 3. The zero-order valence-corrected chi connectivity index (χ0v) is 29.9. The first-order valence-corrected chi connectivity index (χ1v) is 18.4. The Morgan fingerprint density at radius 3 is 2.42 bits per heavy atom. The fourth-order valence-electron chi connectivity index (χ4n) is 6.82. The quantitative estimate of drug-likeness (QED) is 0.240. The fourth-order valence-corrected chi connectivity index (χ4v) is 8.19. The van der Waals surface area contributed by atoms with Crippen LogP contribution in [0.2, 0.25) is 0 Å². The third-order valence-electron chi connectivity index (χ3n) is 9.84. The maximum absolute atomic E-state index is 14.2. The number of fused-ring (bicyclic) bond motifs is 1. The Morgan fingerprint density at radius 2 is 1.82 bits per heavy atom. The Bertz CT molecular complexity index is 1930. The van der Waals surface area contributed by atoms with Crippen molar-refractivity contribution in [1.29, 1.82) is 0 Å². The molecule has 2 saturated carbocycles. The number of nitrogens with zero attached hydrogens (tertiary/aromatic N) is 2. The molecule has 2 aliphatic carbocycles. The predicted octanol–water partition coefficient (Wildman–Crippen LogP) is 3.56. The van der Waals surface area contributed by atoms with E-state index in [1.54, 1.807) is 14.2 Å². The Morgan fingerprint density at radius 1 is 1.10 bits per heavy atom. The Hall–Kier alpha value is -4.49. The minimum absolute atomic E-state index is 0.103. The van der Waals surface area contributed by atoms with Crippen molar-refractivity contribution in [1.82, 2.24) is 25.2 Å². The van der Waals surface area contributed by atoms with Crippen LogP contribution in [0.15, 0.2) is 67.3 Å². The molecule has 0 bridgehead atoms. The third kappa shape index (κ3) is 6.93. The molecule has 12 nitrogen and oxygen atoms in total. The van der Waals surface area contributed by atoms with E-state index in [1.807, 2.05) is 75.4 Å². The van der Waals surface area contributed by atoms with Gasteiger partial charge in [-0.15, -0.1) is 6.58 Å². The lowest BCUT2D eigenvalue weighted by atomic mass is 9.86. The fraction of sp³-hybridized carbons (Fsp3) is 0.459. The average Bonchev–Trinajstić information content (AvgIpc) is 4.01. The van der Waals surface area contributed by atoms with Crippen LogP contribution in [0.4, 0.5) is 0 Å². The number of ether oxygens (including phenoxy) is 2. The van der Waals surface area contributed by atoms with Crippen molar-refractivity contribution < 1.29 is 32.3 Å². The molecule has 3 amide bonds. The highest BCUT2D eigenvalue weighted by Gasteiger charge is 2.62. The van der Waals surface area contributed by atoms with Crippen molar-refractivity contribution in [2.75, 3.05) is 20.7 Å². The molecule has 266 valence electrons. The number of hydrogen-bond acceptors (Lipinski definition) is 9. The van der Waals surface area contributed by atoms with Crippen LogP contribution in [-0.4, -0.2) is 85.7 Å². The molecule has 3 aliphatic rings. The number of aromatic nitrogens is 1. The van der Waals surface area contributed by atoms with E-state index in [4.69, 9.17) is 14.5 Å². The van der Waals surface area contributed by atoms with Crippen molar-refractivity contribution in [3.05, 3.63) is 67.3 Å². The van der Waals surface area contributed by atoms with E-state index in [1.165, 1.54) is 11.0 Å². The number of hydrogen-bond donors (Lipinski definition) is 3. The molecule has 1 aromatic heterocycles. The summed E-state index contributed by atoms with van der Waals surface area (Å²) in [6.45, 7) is 9.70. The summed E-state index contributed by atoms with van der Waals surface area (Å²) in [7, 11) is -0.562. The van der Waals surface area contributed by atoms with Crippen molar-refractivity contribution in [2.24, 2.45) is 11.3 Å². The van der Waals surface area contributed by atoms with E-state index in [0.29, 0.717) is 35.6 Å². The van der Waals surface area contributed by atoms with Crippen LogP contribution in [0.5, 0.6) is 11.5 Å². The summed E-state index contributed by atoms with van der Waals surface area (Å²) in [5, 5.41) is 6.09. The van der Waals surface area contributed by atoms with Crippen LogP contribution >= 0.6 is 0 Å². The molecule has 0 spiro atoms. The number of benzene rings is 2. The SMILES string of the molecule is C=C[C@@H]1C[C@]1(NC(=O)[C@@H]1C[C@@H](Oc2cc(-c3ccccc3)nc3cc(OC)ccc23)CN1C(=O)C(NC)C(C)(C)C)C(=O)NS(=O)(=O)C1CC1. The number of carbonyl (C=O) groups is 3. The summed E-state index contributed by atoms with van der Waals surface area (Å²) in [6, 6.07) is 15.4. The molecular formula is C37H45N5O7S. The highest BCUT2D eigenvalue weighted by atomic mass is 32.2. The number of rotatable bonds is 12. The Labute approximate surface area is 293 Å². The molecule has 6 rings (SSSR count). The van der Waals surface area contributed by atoms with Gasteiger partial charge in [0.15, 0.2) is 0 Å². The number of sulfonamides is 1. The van der Waals surface area contributed by atoms with Gasteiger partial charge in [0.05, 0.1) is 36.2 Å². The normalized spacial score (nSPS) is 23.9. The number of methoxy groups -OCH3 is 1. The largest absolute Gasteiger partial charge is 0.497 e. The minimum atomic E-state index is -3.85. The topological polar surface area (TPSA) is 156 Å². The lowest BCUT2D eigenvalue weighted by molar-refractivity contribution is -0.142. The minimum Gasteiger partial charge on any atom is -0.497 e. The van der Waals surface area contributed by atoms with E-state index >= 15 is 0 Å². The first-order valence-electron chi connectivity index (χ1n) is 16.9. The van der Waals surface area contributed by atoms with Gasteiger partial charge in [-0.05, 0) is 43.9 Å². The Kier molecular flexibility index (Phi) is 9.42. The summed E-state index contributed by atoms with van der Waals surface area (Å²) in [6.07, 6.45) is 2.25. The van der Waals surface area contributed by atoms with Gasteiger partial charge < -0.3 is 25.0 Å². The number of carbonyl (C=O) groups excluding carboxylic acids is 3. The maximum atomic E-state index is 14.2. The highest BCUT2D eigenvalue weighted by Crippen LogP contribution is 2.46. The molecule has 50 heavy (non-hydrogen) atoms. The molecule has 1 saturated heterocycles. The molecular weight excluding hydrogens is 659 g/mol. The van der Waals surface area contributed by atoms with Gasteiger partial charge in [-0.25, -0.2) is 13.4 Å². The second kappa shape index (κ2) is 13.3. The van der Waals surface area contributed by atoms with E-state index in [2.05, 4.69) is 21.9 Å². The first-order chi connectivity index (χ1) is 23.7. The van der Waals surface area contributed by atoms with Gasteiger partial charge in [0.25, 0.3) is 5.91 Å². The number of likely N-dealkylation sites (tertiary alicyclic amines) is 1. The van der Waals surface area contributed by atoms with Crippen LogP contribution in [0.3, 0.4) is 0 Å². The number of pyridine rings is 1. The molecule has 3 fully saturated rings. The van der Waals surface area contributed by atoms with Gasteiger partial charge in [-0.2, -0.15) is 0 Å². The number of likely N-dealkylation sites (N-methyl/N-ethyl adjacent to an activating group) is 1. The van der Waals surface area contributed by atoms with Crippen LogP contribution in [0.25, 0.3) is 22.2 Å². The Balaban J connectivity index is 1.32. The molecule has 0 radical (unpaired) electrons. The van der Waals surface area contributed by atoms with Crippen molar-refractivity contribution in [3.8, 4) is 22.8 Å². The van der Waals surface area contributed by atoms with Gasteiger partial charge in [-0.3, -0.25) is 19.1 Å². The predicted molar refractivity (Wildman–Crippen MR) is 190 cm³/mol.